The van der Waals surface area contributed by atoms with Gasteiger partial charge in [-0.2, -0.15) is 0 Å². The number of hydrogen-bond donors (Lipinski definition) is 3. The fourth-order valence-electron chi connectivity index (χ4n) is 1.94. The summed E-state index contributed by atoms with van der Waals surface area (Å²) >= 11 is 0. The molecule has 2 saturated heterocycles. The summed E-state index contributed by atoms with van der Waals surface area (Å²) in [4.78, 5) is 0. The molecule has 0 unspecified atom stereocenters. The van der Waals surface area contributed by atoms with Gasteiger partial charge in [-0.05, 0) is 19.4 Å². The molecule has 0 aromatic heterocycles. The molecule has 3 N–H and O–H groups in total. The molecule has 0 bridgehead atoms. The lowest BCUT2D eigenvalue weighted by molar-refractivity contribution is -0.0495. The highest BCUT2D eigenvalue weighted by molar-refractivity contribution is 5.85. The van der Waals surface area contributed by atoms with Crippen LogP contribution in [0, 0.1) is 0 Å². The molecular formula is C8H17ClN2O. The Bertz CT molecular complexity index is 144. The molecule has 0 aromatic carbocycles. The Balaban J connectivity index is 0.000000720. The summed E-state index contributed by atoms with van der Waals surface area (Å²) < 4.78 is 0. The Morgan fingerprint density at radius 3 is 2.42 bits per heavy atom. The standard InChI is InChI=1S/C8H16N2O.ClH/c11-8(5-9-6-8)7-3-1-2-4-10-7;/h7,9-11H,1-6H2;1H/t7-;/m1./s1. The Kier molecular flexibility index (Phi) is 3.35. The Morgan fingerprint density at radius 2 is 2.00 bits per heavy atom. The van der Waals surface area contributed by atoms with Crippen molar-refractivity contribution in [3.8, 4) is 0 Å². The largest absolute Gasteiger partial charge is 0.386 e. The Morgan fingerprint density at radius 1 is 1.25 bits per heavy atom. The van der Waals surface area contributed by atoms with Crippen LogP contribution in [0.25, 0.3) is 0 Å². The fraction of sp³-hybridized carbons (Fsp3) is 1.00. The number of β-amino-alcohol motifs (C(OH)–C–C–N with tert-alkyl or cyclic N) is 1. The van der Waals surface area contributed by atoms with Crippen LogP contribution in [0.5, 0.6) is 0 Å². The van der Waals surface area contributed by atoms with Crippen molar-refractivity contribution in [3.05, 3.63) is 0 Å². The van der Waals surface area contributed by atoms with E-state index >= 15 is 0 Å². The quantitative estimate of drug-likeness (QED) is 0.543. The molecule has 0 saturated carbocycles. The van der Waals surface area contributed by atoms with Gasteiger partial charge in [-0.15, -0.1) is 12.4 Å². The van der Waals surface area contributed by atoms with Crippen LogP contribution in [0.4, 0.5) is 0 Å². The topological polar surface area (TPSA) is 44.3 Å². The van der Waals surface area contributed by atoms with E-state index in [1.807, 2.05) is 0 Å². The Labute approximate surface area is 79.3 Å². The van der Waals surface area contributed by atoms with Crippen LogP contribution in [0.2, 0.25) is 0 Å². The number of rotatable bonds is 1. The van der Waals surface area contributed by atoms with E-state index in [-0.39, 0.29) is 12.4 Å². The van der Waals surface area contributed by atoms with Gasteiger partial charge in [-0.25, -0.2) is 0 Å². The molecule has 0 spiro atoms. The second kappa shape index (κ2) is 3.92. The number of aliphatic hydroxyl groups is 1. The highest BCUT2D eigenvalue weighted by Crippen LogP contribution is 2.22. The summed E-state index contributed by atoms with van der Waals surface area (Å²) in [7, 11) is 0. The van der Waals surface area contributed by atoms with Crippen molar-refractivity contribution in [2.45, 2.75) is 30.9 Å². The maximum absolute atomic E-state index is 9.91. The van der Waals surface area contributed by atoms with E-state index in [2.05, 4.69) is 10.6 Å². The fourth-order valence-corrected chi connectivity index (χ4v) is 1.94. The van der Waals surface area contributed by atoms with Crippen LogP contribution in [-0.2, 0) is 0 Å². The van der Waals surface area contributed by atoms with Crippen molar-refractivity contribution in [3.63, 3.8) is 0 Å². The van der Waals surface area contributed by atoms with Gasteiger partial charge in [-0.1, -0.05) is 6.42 Å². The summed E-state index contributed by atoms with van der Waals surface area (Å²) in [6.07, 6.45) is 3.66. The lowest BCUT2D eigenvalue weighted by atomic mass is 9.83. The zero-order valence-corrected chi connectivity index (χ0v) is 7.99. The van der Waals surface area contributed by atoms with E-state index in [9.17, 15) is 5.11 Å². The summed E-state index contributed by atoms with van der Waals surface area (Å²) in [6.45, 7) is 2.61. The highest BCUT2D eigenvalue weighted by Gasteiger charge is 2.42. The van der Waals surface area contributed by atoms with Crippen molar-refractivity contribution in [1.82, 2.24) is 10.6 Å². The third-order valence-corrected chi connectivity index (χ3v) is 2.82. The molecule has 2 heterocycles. The van der Waals surface area contributed by atoms with E-state index in [1.165, 1.54) is 12.8 Å². The average molecular weight is 193 g/mol. The van der Waals surface area contributed by atoms with Crippen molar-refractivity contribution in [1.29, 1.82) is 0 Å². The summed E-state index contributed by atoms with van der Waals surface area (Å²) in [5.41, 5.74) is -0.430. The summed E-state index contributed by atoms with van der Waals surface area (Å²) in [5, 5.41) is 16.4. The van der Waals surface area contributed by atoms with Gasteiger partial charge in [0, 0.05) is 19.1 Å². The smallest absolute Gasteiger partial charge is 0.105 e. The first-order valence-electron chi connectivity index (χ1n) is 4.48. The van der Waals surface area contributed by atoms with Gasteiger partial charge in [-0.3, -0.25) is 0 Å². The van der Waals surface area contributed by atoms with E-state index in [1.54, 1.807) is 0 Å². The van der Waals surface area contributed by atoms with Gasteiger partial charge >= 0.3 is 0 Å². The third kappa shape index (κ3) is 1.74. The van der Waals surface area contributed by atoms with Crippen LogP contribution in [0.3, 0.4) is 0 Å². The lowest BCUT2D eigenvalue weighted by Gasteiger charge is -2.45. The molecule has 1 atom stereocenters. The summed E-state index contributed by atoms with van der Waals surface area (Å²) in [5.74, 6) is 0. The van der Waals surface area contributed by atoms with Gasteiger partial charge in [0.25, 0.3) is 0 Å². The number of hydrogen-bond acceptors (Lipinski definition) is 3. The zero-order valence-electron chi connectivity index (χ0n) is 7.18. The third-order valence-electron chi connectivity index (χ3n) is 2.82. The Hall–Kier alpha value is 0.170. The minimum absolute atomic E-state index is 0. The maximum Gasteiger partial charge on any atom is 0.105 e. The average Bonchev–Trinajstić information content (AvgIpc) is 2.02. The first-order chi connectivity index (χ1) is 5.31. The molecular weight excluding hydrogens is 176 g/mol. The molecule has 2 aliphatic rings. The van der Waals surface area contributed by atoms with E-state index < -0.39 is 5.60 Å². The van der Waals surface area contributed by atoms with Crippen LogP contribution >= 0.6 is 12.4 Å². The molecule has 2 rings (SSSR count). The molecule has 72 valence electrons. The van der Waals surface area contributed by atoms with Gasteiger partial charge < -0.3 is 15.7 Å². The lowest BCUT2D eigenvalue weighted by Crippen LogP contribution is -2.69. The number of nitrogens with one attached hydrogen (secondary N) is 2. The van der Waals surface area contributed by atoms with Crippen molar-refractivity contribution >= 4 is 12.4 Å². The normalized spacial score (nSPS) is 33.2. The second-order valence-corrected chi connectivity index (χ2v) is 3.71. The molecule has 0 amide bonds. The maximum atomic E-state index is 9.91. The molecule has 2 fully saturated rings. The molecule has 4 heteroatoms. The predicted octanol–water partition coefficient (Wildman–Crippen LogP) is -0.115. The SMILES string of the molecule is Cl.OC1([C@H]2CCCCN2)CNC1. The van der Waals surface area contributed by atoms with Crippen LogP contribution in [0.15, 0.2) is 0 Å². The van der Waals surface area contributed by atoms with Gasteiger partial charge in [0.05, 0.1) is 0 Å². The van der Waals surface area contributed by atoms with E-state index in [0.29, 0.717) is 6.04 Å². The van der Waals surface area contributed by atoms with Crippen LogP contribution in [-0.4, -0.2) is 36.4 Å². The zero-order chi connectivity index (χ0) is 7.73. The first-order valence-corrected chi connectivity index (χ1v) is 4.48. The number of halogens is 1. The van der Waals surface area contributed by atoms with Gasteiger partial charge in [0.15, 0.2) is 0 Å². The van der Waals surface area contributed by atoms with E-state index in [4.69, 9.17) is 0 Å². The molecule has 3 nitrogen and oxygen atoms in total. The van der Waals surface area contributed by atoms with Gasteiger partial charge in [0.2, 0.25) is 0 Å². The van der Waals surface area contributed by atoms with Crippen molar-refractivity contribution in [2.24, 2.45) is 0 Å². The molecule has 12 heavy (non-hydrogen) atoms. The minimum Gasteiger partial charge on any atom is -0.386 e. The van der Waals surface area contributed by atoms with Crippen LogP contribution < -0.4 is 10.6 Å². The van der Waals surface area contributed by atoms with Crippen molar-refractivity contribution in [2.75, 3.05) is 19.6 Å². The van der Waals surface area contributed by atoms with Crippen molar-refractivity contribution < 1.29 is 5.11 Å². The van der Waals surface area contributed by atoms with E-state index in [0.717, 1.165) is 26.1 Å². The molecule has 2 aliphatic heterocycles. The predicted molar refractivity (Wildman–Crippen MR) is 50.7 cm³/mol. The second-order valence-electron chi connectivity index (χ2n) is 3.71. The molecule has 0 radical (unpaired) electrons. The molecule has 0 aliphatic carbocycles. The number of piperidine rings is 1. The minimum atomic E-state index is -0.430. The van der Waals surface area contributed by atoms with Gasteiger partial charge in [0.1, 0.15) is 5.60 Å². The highest BCUT2D eigenvalue weighted by atomic mass is 35.5. The first kappa shape index (κ1) is 10.3. The monoisotopic (exact) mass is 192 g/mol. The van der Waals surface area contributed by atoms with Crippen LogP contribution in [0.1, 0.15) is 19.3 Å². The summed E-state index contributed by atoms with van der Waals surface area (Å²) in [6, 6.07) is 0.345. The molecule has 0 aromatic rings.